The second kappa shape index (κ2) is 8.80. The number of carbonyl (C=O) groups is 1. The summed E-state index contributed by atoms with van der Waals surface area (Å²) >= 11 is 0. The van der Waals surface area contributed by atoms with Crippen LogP contribution in [0.25, 0.3) is 16.9 Å². The molecule has 1 aromatic carbocycles. The number of rotatable bonds is 5. The van der Waals surface area contributed by atoms with Gasteiger partial charge in [-0.1, -0.05) is 24.0 Å². The lowest BCUT2D eigenvalue weighted by Gasteiger charge is -2.09. The number of nitrogens with one attached hydrogen (secondary N) is 1. The van der Waals surface area contributed by atoms with Gasteiger partial charge in [-0.25, -0.2) is 4.98 Å². The number of amides is 1. The fourth-order valence-corrected chi connectivity index (χ4v) is 2.73. The number of aromatic nitrogens is 2. The van der Waals surface area contributed by atoms with Crippen LogP contribution in [0.5, 0.6) is 0 Å². The van der Waals surface area contributed by atoms with Crippen molar-refractivity contribution >= 4 is 17.2 Å². The molecule has 0 aliphatic heterocycles. The minimum atomic E-state index is -4.36. The van der Waals surface area contributed by atoms with Crippen LogP contribution in [0.15, 0.2) is 48.8 Å². The molecular weight excluding hydrogens is 383 g/mol. The first-order valence-electron chi connectivity index (χ1n) is 8.89. The predicted molar refractivity (Wildman–Crippen MR) is 103 cm³/mol. The second-order valence-electron chi connectivity index (χ2n) is 6.31. The maximum atomic E-state index is 12.3. The van der Waals surface area contributed by atoms with Crippen molar-refractivity contribution in [3.63, 3.8) is 0 Å². The maximum absolute atomic E-state index is 12.3. The lowest BCUT2D eigenvalue weighted by atomic mass is 10.1. The van der Waals surface area contributed by atoms with Crippen LogP contribution in [0.3, 0.4) is 0 Å². The zero-order valence-corrected chi connectivity index (χ0v) is 15.3. The van der Waals surface area contributed by atoms with Gasteiger partial charge in [0.2, 0.25) is 5.91 Å². The zero-order valence-electron chi connectivity index (χ0n) is 15.3. The van der Waals surface area contributed by atoms with E-state index in [-0.39, 0.29) is 6.61 Å². The predicted octanol–water partition coefficient (Wildman–Crippen LogP) is 4.02. The van der Waals surface area contributed by atoms with Gasteiger partial charge in [0.1, 0.15) is 5.65 Å². The van der Waals surface area contributed by atoms with Crippen molar-refractivity contribution in [1.29, 1.82) is 0 Å². The first kappa shape index (κ1) is 20.4. The molecule has 2 aromatic heterocycles. The number of aliphatic hydroxyl groups excluding tert-OH is 1. The molecule has 29 heavy (non-hydrogen) atoms. The van der Waals surface area contributed by atoms with Gasteiger partial charge in [0.15, 0.2) is 0 Å². The molecule has 0 bridgehead atoms. The quantitative estimate of drug-likeness (QED) is 0.635. The minimum Gasteiger partial charge on any atom is -0.395 e. The van der Waals surface area contributed by atoms with Crippen LogP contribution in [0.1, 0.15) is 24.8 Å². The third-order valence-corrected chi connectivity index (χ3v) is 4.06. The molecule has 0 spiro atoms. The molecular formula is C21H18F3N3O2. The number of halogens is 3. The topological polar surface area (TPSA) is 66.6 Å². The van der Waals surface area contributed by atoms with Gasteiger partial charge in [-0.3, -0.25) is 9.20 Å². The van der Waals surface area contributed by atoms with Gasteiger partial charge >= 0.3 is 6.18 Å². The molecule has 3 aromatic rings. The molecule has 0 unspecified atom stereocenters. The Bertz CT molecular complexity index is 1080. The van der Waals surface area contributed by atoms with E-state index in [0.29, 0.717) is 17.8 Å². The summed E-state index contributed by atoms with van der Waals surface area (Å²) in [4.78, 5) is 16.1. The summed E-state index contributed by atoms with van der Waals surface area (Å²) < 4.78 is 38.6. The van der Waals surface area contributed by atoms with Crippen molar-refractivity contribution in [2.24, 2.45) is 0 Å². The number of nitrogens with zero attached hydrogens (tertiary/aromatic N) is 2. The van der Waals surface area contributed by atoms with Crippen LogP contribution < -0.4 is 5.32 Å². The van der Waals surface area contributed by atoms with E-state index in [1.54, 1.807) is 24.4 Å². The molecule has 0 fully saturated rings. The van der Waals surface area contributed by atoms with Crippen LogP contribution in [0, 0.1) is 11.8 Å². The first-order valence-corrected chi connectivity index (χ1v) is 8.89. The van der Waals surface area contributed by atoms with Crippen LogP contribution in [-0.4, -0.2) is 33.2 Å². The van der Waals surface area contributed by atoms with E-state index in [9.17, 15) is 18.0 Å². The summed E-state index contributed by atoms with van der Waals surface area (Å²) in [5.74, 6) is 5.11. The van der Waals surface area contributed by atoms with E-state index >= 15 is 0 Å². The largest absolute Gasteiger partial charge is 0.395 e. The highest BCUT2D eigenvalue weighted by atomic mass is 19.4. The van der Waals surface area contributed by atoms with E-state index in [1.807, 2.05) is 28.8 Å². The molecule has 3 rings (SSSR count). The Morgan fingerprint density at radius 3 is 2.83 bits per heavy atom. The maximum Gasteiger partial charge on any atom is 0.389 e. The van der Waals surface area contributed by atoms with Crippen molar-refractivity contribution in [3.05, 3.63) is 54.4 Å². The number of carbonyl (C=O) groups excluding carboxylic acids is 1. The van der Waals surface area contributed by atoms with Crippen LogP contribution in [0.2, 0.25) is 0 Å². The first-order chi connectivity index (χ1) is 13.9. The van der Waals surface area contributed by atoms with Crippen LogP contribution in [-0.2, 0) is 4.79 Å². The van der Waals surface area contributed by atoms with Gasteiger partial charge in [0.25, 0.3) is 0 Å². The molecule has 0 saturated carbocycles. The van der Waals surface area contributed by atoms with Crippen molar-refractivity contribution < 1.29 is 23.1 Å². The fourth-order valence-electron chi connectivity index (χ4n) is 2.73. The molecule has 2 N–H and O–H groups in total. The average Bonchev–Trinajstić information content (AvgIpc) is 3.10. The molecule has 2 heterocycles. The summed E-state index contributed by atoms with van der Waals surface area (Å²) in [7, 11) is 0. The summed E-state index contributed by atoms with van der Waals surface area (Å²) in [5.41, 5.74) is 3.38. The normalized spacial score (nSPS) is 11.2. The van der Waals surface area contributed by atoms with Gasteiger partial charge in [-0.2, -0.15) is 13.2 Å². The van der Waals surface area contributed by atoms with E-state index in [4.69, 9.17) is 5.11 Å². The van der Waals surface area contributed by atoms with E-state index in [1.165, 1.54) is 0 Å². The summed E-state index contributed by atoms with van der Waals surface area (Å²) in [6.07, 6.45) is -2.26. The lowest BCUT2D eigenvalue weighted by Crippen LogP contribution is -2.16. The van der Waals surface area contributed by atoms with Crippen molar-refractivity contribution in [1.82, 2.24) is 9.38 Å². The number of imidazole rings is 1. The third kappa shape index (κ3) is 5.59. The molecule has 5 nitrogen and oxygen atoms in total. The number of benzene rings is 1. The minimum absolute atomic E-state index is 0.00581. The number of anilines is 1. The average molecular weight is 401 g/mol. The Hall–Kier alpha value is -3.31. The van der Waals surface area contributed by atoms with Crippen molar-refractivity contribution in [3.8, 4) is 23.1 Å². The standard InChI is InChI=1S/C21H18F3N3O2/c22-21(23,24)9-7-20(29)26-17-6-3-5-16(13-17)18-14-25-19-12-15(4-1-2-11-28)8-10-27(18)19/h3,5-6,8,10,12-14,28H,2,7,9,11H2,(H,26,29). The highest BCUT2D eigenvalue weighted by Gasteiger charge is 2.27. The summed E-state index contributed by atoms with van der Waals surface area (Å²) in [6.45, 7) is 0.00581. The van der Waals surface area contributed by atoms with Crippen LogP contribution >= 0.6 is 0 Å². The van der Waals surface area contributed by atoms with Gasteiger partial charge < -0.3 is 10.4 Å². The number of hydrogen-bond acceptors (Lipinski definition) is 3. The van der Waals surface area contributed by atoms with E-state index in [0.717, 1.165) is 16.8 Å². The SMILES string of the molecule is O=C(CCC(F)(F)F)Nc1cccc(-c2cnc3cc(C#CCCO)ccn23)c1. The number of hydrogen-bond donors (Lipinski definition) is 2. The van der Waals surface area contributed by atoms with Gasteiger partial charge in [0.05, 0.1) is 24.9 Å². The number of alkyl halides is 3. The Kier molecular flexibility index (Phi) is 6.20. The van der Waals surface area contributed by atoms with E-state index < -0.39 is 24.9 Å². The lowest BCUT2D eigenvalue weighted by molar-refractivity contribution is -0.142. The molecule has 0 radical (unpaired) electrons. The van der Waals surface area contributed by atoms with Gasteiger partial charge in [-0.05, 0) is 24.3 Å². The third-order valence-electron chi connectivity index (χ3n) is 4.06. The highest BCUT2D eigenvalue weighted by Crippen LogP contribution is 2.25. The summed E-state index contributed by atoms with van der Waals surface area (Å²) in [6, 6.07) is 10.5. The molecule has 8 heteroatoms. The van der Waals surface area contributed by atoms with Gasteiger partial charge in [-0.15, -0.1) is 0 Å². The Morgan fingerprint density at radius 1 is 1.24 bits per heavy atom. The Balaban J connectivity index is 1.79. The smallest absolute Gasteiger partial charge is 0.389 e. The molecule has 0 aliphatic rings. The number of fused-ring (bicyclic) bond motifs is 1. The fraction of sp³-hybridized carbons (Fsp3) is 0.238. The molecule has 0 atom stereocenters. The zero-order chi connectivity index (χ0) is 20.9. The van der Waals surface area contributed by atoms with Crippen LogP contribution in [0.4, 0.5) is 18.9 Å². The van der Waals surface area contributed by atoms with Crippen molar-refractivity contribution in [2.45, 2.75) is 25.4 Å². The number of pyridine rings is 1. The molecule has 0 aliphatic carbocycles. The Morgan fingerprint density at radius 2 is 2.07 bits per heavy atom. The molecule has 1 amide bonds. The second-order valence-corrected chi connectivity index (χ2v) is 6.31. The number of aliphatic hydroxyl groups is 1. The molecule has 0 saturated heterocycles. The molecule has 150 valence electrons. The summed E-state index contributed by atoms with van der Waals surface area (Å²) in [5, 5.41) is 11.3. The highest BCUT2D eigenvalue weighted by molar-refractivity contribution is 5.91. The Labute approximate surface area is 165 Å². The van der Waals surface area contributed by atoms with E-state index in [2.05, 4.69) is 22.1 Å². The monoisotopic (exact) mass is 401 g/mol. The van der Waals surface area contributed by atoms with Gasteiger partial charge in [0, 0.05) is 35.9 Å². The van der Waals surface area contributed by atoms with Crippen molar-refractivity contribution in [2.75, 3.05) is 11.9 Å².